The molecule has 4 fully saturated rings. The van der Waals surface area contributed by atoms with Gasteiger partial charge in [-0.25, -0.2) is 0 Å². The quantitative estimate of drug-likeness (QED) is 0.302. The minimum absolute atomic E-state index is 0.0719. The topological polar surface area (TPSA) is 52.6 Å². The van der Waals surface area contributed by atoms with Crippen molar-refractivity contribution in [2.75, 3.05) is 20.6 Å². The number of amides is 1. The number of nitrogens with one attached hydrogen (secondary N) is 1. The summed E-state index contributed by atoms with van der Waals surface area (Å²) in [5.41, 5.74) is 5.99. The maximum absolute atomic E-state index is 13.4. The number of rotatable bonds is 7. The maximum atomic E-state index is 13.4. The Morgan fingerprint density at radius 3 is 2.29 bits per heavy atom. The third kappa shape index (κ3) is 4.93. The van der Waals surface area contributed by atoms with E-state index in [2.05, 4.69) is 103 Å². The van der Waals surface area contributed by atoms with Crippen molar-refractivity contribution in [1.82, 2.24) is 10.2 Å². The molecule has 4 heteroatoms. The second-order valence-electron chi connectivity index (χ2n) is 17.8. The molecule has 5 aliphatic carbocycles. The zero-order valence-electron chi connectivity index (χ0n) is 29.8. The largest absolute Gasteiger partial charge is 0.392 e. The lowest BCUT2D eigenvalue weighted by Gasteiger charge is -2.72. The number of aliphatic hydroxyl groups excluding tert-OH is 1. The Bertz CT molecular complexity index is 1340. The van der Waals surface area contributed by atoms with Crippen LogP contribution < -0.4 is 5.32 Å². The van der Waals surface area contributed by atoms with Gasteiger partial charge in [-0.2, -0.15) is 0 Å². The van der Waals surface area contributed by atoms with E-state index in [0.29, 0.717) is 36.0 Å². The van der Waals surface area contributed by atoms with Crippen LogP contribution in [0, 0.1) is 51.2 Å². The number of carbonyl (C=O) groups excluding carboxylic acids is 1. The van der Waals surface area contributed by atoms with Crippen LogP contribution >= 0.6 is 0 Å². The molecule has 4 saturated carbocycles. The molecule has 1 aromatic rings. The molecule has 0 spiro atoms. The van der Waals surface area contributed by atoms with Gasteiger partial charge in [0.15, 0.2) is 0 Å². The van der Waals surface area contributed by atoms with Crippen LogP contribution in [0.1, 0.15) is 117 Å². The van der Waals surface area contributed by atoms with Crippen molar-refractivity contribution in [3.8, 4) is 0 Å². The summed E-state index contributed by atoms with van der Waals surface area (Å²) in [7, 11) is 4.11. The van der Waals surface area contributed by atoms with E-state index in [0.717, 1.165) is 31.4 Å². The van der Waals surface area contributed by atoms with E-state index < -0.39 is 0 Å². The van der Waals surface area contributed by atoms with E-state index in [-0.39, 0.29) is 39.7 Å². The number of hydrogen-bond donors (Lipinski definition) is 2. The Morgan fingerprint density at radius 2 is 1.64 bits per heavy atom. The van der Waals surface area contributed by atoms with Crippen molar-refractivity contribution in [3.63, 3.8) is 0 Å². The van der Waals surface area contributed by atoms with Gasteiger partial charge < -0.3 is 15.3 Å². The van der Waals surface area contributed by atoms with Gasteiger partial charge in [-0.1, -0.05) is 77.1 Å². The summed E-state index contributed by atoms with van der Waals surface area (Å²) in [6.07, 6.45) is 14.1. The normalized spacial score (nSPS) is 41.7. The molecule has 0 radical (unpaired) electrons. The zero-order valence-corrected chi connectivity index (χ0v) is 29.8. The Labute approximate surface area is 274 Å². The molecule has 1 aromatic carbocycles. The summed E-state index contributed by atoms with van der Waals surface area (Å²) < 4.78 is 0. The Hall–Kier alpha value is -1.91. The van der Waals surface area contributed by atoms with Crippen molar-refractivity contribution in [1.29, 1.82) is 0 Å². The fraction of sp³-hybridized carbons (Fsp3) is 0.732. The van der Waals surface area contributed by atoms with Crippen LogP contribution in [0.25, 0.3) is 5.57 Å². The van der Waals surface area contributed by atoms with Gasteiger partial charge in [0, 0.05) is 18.5 Å². The monoisotopic (exact) mass is 614 g/mol. The SMILES string of the molecule is C=C(C)[C@@H]1CC[C@]2(NC(=O)CCN(C)C)CC[C@]3(C)[C@H](CC[C@@H]4[C@@]5(C)CC=C(c6ccc(CO)cc6)C(C)(C)C5CC[C@]43C)C12. The lowest BCUT2D eigenvalue weighted by atomic mass is 9.33. The average molecular weight is 615 g/mol. The number of benzene rings is 1. The molecule has 2 N–H and O–H groups in total. The highest BCUT2D eigenvalue weighted by Crippen LogP contribution is 2.76. The first-order valence-electron chi connectivity index (χ1n) is 18.1. The summed E-state index contributed by atoms with van der Waals surface area (Å²) in [5.74, 6) is 3.22. The van der Waals surface area contributed by atoms with Crippen molar-refractivity contribution in [3.05, 3.63) is 53.6 Å². The Morgan fingerprint density at radius 1 is 0.933 bits per heavy atom. The Kier molecular flexibility index (Phi) is 8.33. The molecule has 1 amide bonds. The minimum atomic E-state index is -0.0719. The predicted octanol–water partition coefficient (Wildman–Crippen LogP) is 8.65. The molecule has 0 bridgehead atoms. The summed E-state index contributed by atoms with van der Waals surface area (Å²) in [5, 5.41) is 13.3. The number of aliphatic hydroxyl groups is 1. The van der Waals surface area contributed by atoms with Crippen LogP contribution in [0.15, 0.2) is 42.5 Å². The second-order valence-corrected chi connectivity index (χ2v) is 17.8. The van der Waals surface area contributed by atoms with E-state index in [4.69, 9.17) is 0 Å². The van der Waals surface area contributed by atoms with Crippen LogP contribution in [0.5, 0.6) is 0 Å². The third-order valence-electron chi connectivity index (χ3n) is 15.3. The van der Waals surface area contributed by atoms with Crippen LogP contribution in [0.2, 0.25) is 0 Å². The van der Waals surface area contributed by atoms with E-state index in [9.17, 15) is 9.90 Å². The Balaban J connectivity index is 1.32. The van der Waals surface area contributed by atoms with Gasteiger partial charge in [-0.05, 0) is 147 Å². The standard InChI is InChI=1S/C41H62N2O2/c1-27(2)30-16-22-41(42-35(45)19-25-43(8)9)24-23-39(6)32(36(30)41)14-15-34-38(5)20-17-31(29-12-10-28(26-44)11-13-29)37(3,4)33(38)18-21-40(34,39)7/h10-13,17,30,32-34,36,44H,1,14-16,18-26H2,2-9H3,(H,42,45)/t30-,32+,33?,34+,36?,38-,39+,40+,41-/m0/s1. The summed E-state index contributed by atoms with van der Waals surface area (Å²) in [6, 6.07) is 8.65. The molecule has 6 rings (SSSR count). The van der Waals surface area contributed by atoms with Gasteiger partial charge in [0.2, 0.25) is 5.91 Å². The highest BCUT2D eigenvalue weighted by molar-refractivity contribution is 5.77. The molecule has 5 aliphatic rings. The van der Waals surface area contributed by atoms with E-state index in [1.54, 1.807) is 0 Å². The van der Waals surface area contributed by atoms with Gasteiger partial charge in [0.05, 0.1) is 6.61 Å². The lowest BCUT2D eigenvalue weighted by Crippen LogP contribution is -2.68. The van der Waals surface area contributed by atoms with E-state index in [1.807, 2.05) is 0 Å². The molecular weight excluding hydrogens is 552 g/mol. The van der Waals surface area contributed by atoms with Gasteiger partial charge in [-0.3, -0.25) is 4.79 Å². The van der Waals surface area contributed by atoms with Crippen LogP contribution in [-0.2, 0) is 11.4 Å². The summed E-state index contributed by atoms with van der Waals surface area (Å²) >= 11 is 0. The molecular formula is C41H62N2O2. The van der Waals surface area contributed by atoms with Crippen LogP contribution in [0.4, 0.5) is 0 Å². The smallest absolute Gasteiger partial charge is 0.221 e. The minimum Gasteiger partial charge on any atom is -0.392 e. The fourth-order valence-corrected chi connectivity index (χ4v) is 12.9. The second kappa shape index (κ2) is 11.4. The number of allylic oxidation sites excluding steroid dienone is 3. The van der Waals surface area contributed by atoms with Crippen molar-refractivity contribution >= 4 is 11.5 Å². The van der Waals surface area contributed by atoms with E-state index in [1.165, 1.54) is 55.2 Å². The predicted molar refractivity (Wildman–Crippen MR) is 186 cm³/mol. The number of carbonyl (C=O) groups is 1. The summed E-state index contributed by atoms with van der Waals surface area (Å²) in [6.45, 7) is 20.8. The van der Waals surface area contributed by atoms with Crippen LogP contribution in [0.3, 0.4) is 0 Å². The van der Waals surface area contributed by atoms with Gasteiger partial charge in [0.25, 0.3) is 0 Å². The molecule has 9 atom stereocenters. The van der Waals surface area contributed by atoms with Gasteiger partial charge in [-0.15, -0.1) is 0 Å². The average Bonchev–Trinajstić information content (AvgIpc) is 3.36. The molecule has 248 valence electrons. The molecule has 0 heterocycles. The maximum Gasteiger partial charge on any atom is 0.221 e. The molecule has 4 nitrogen and oxygen atoms in total. The molecule has 0 aliphatic heterocycles. The number of fused-ring (bicyclic) bond motifs is 7. The van der Waals surface area contributed by atoms with Crippen LogP contribution in [-0.4, -0.2) is 42.1 Å². The molecule has 45 heavy (non-hydrogen) atoms. The first-order chi connectivity index (χ1) is 21.1. The molecule has 0 saturated heterocycles. The first-order valence-corrected chi connectivity index (χ1v) is 18.1. The van der Waals surface area contributed by atoms with Gasteiger partial charge >= 0.3 is 0 Å². The third-order valence-corrected chi connectivity index (χ3v) is 15.3. The lowest BCUT2D eigenvalue weighted by molar-refractivity contribution is -0.219. The number of hydrogen-bond acceptors (Lipinski definition) is 3. The zero-order chi connectivity index (χ0) is 32.6. The highest BCUT2D eigenvalue weighted by Gasteiger charge is 2.70. The van der Waals surface area contributed by atoms with Crippen molar-refractivity contribution < 1.29 is 9.90 Å². The number of nitrogens with zero attached hydrogens (tertiary/aromatic N) is 1. The highest BCUT2D eigenvalue weighted by atomic mass is 16.3. The van der Waals surface area contributed by atoms with Crippen molar-refractivity contribution in [2.45, 2.75) is 118 Å². The molecule has 2 unspecified atom stereocenters. The first kappa shape index (κ1) is 33.0. The van der Waals surface area contributed by atoms with E-state index >= 15 is 0 Å². The summed E-state index contributed by atoms with van der Waals surface area (Å²) in [4.78, 5) is 15.5. The van der Waals surface area contributed by atoms with Crippen molar-refractivity contribution in [2.24, 2.45) is 51.2 Å². The molecule has 0 aromatic heterocycles. The fourth-order valence-electron chi connectivity index (χ4n) is 12.9. The van der Waals surface area contributed by atoms with Gasteiger partial charge in [0.1, 0.15) is 0 Å².